The summed E-state index contributed by atoms with van der Waals surface area (Å²) in [5.41, 5.74) is 2.57. The summed E-state index contributed by atoms with van der Waals surface area (Å²) in [7, 11) is 1.71. The topological polar surface area (TPSA) is 36.0 Å². The third kappa shape index (κ3) is 4.92. The van der Waals surface area contributed by atoms with Gasteiger partial charge in [0.1, 0.15) is 5.75 Å². The number of para-hydroxylation sites is 1. The third-order valence-electron chi connectivity index (χ3n) is 6.97. The van der Waals surface area contributed by atoms with E-state index < -0.39 is 0 Å². The van der Waals surface area contributed by atoms with Gasteiger partial charge in [-0.15, -0.1) is 11.3 Å². The van der Waals surface area contributed by atoms with Crippen LogP contribution >= 0.6 is 11.3 Å². The van der Waals surface area contributed by atoms with Crippen molar-refractivity contribution in [2.45, 2.75) is 5.92 Å². The van der Waals surface area contributed by atoms with Gasteiger partial charge in [0, 0.05) is 57.4 Å². The molecule has 33 heavy (non-hydrogen) atoms. The van der Waals surface area contributed by atoms with Crippen LogP contribution in [-0.2, 0) is 0 Å². The Hall–Kier alpha value is -2.83. The average Bonchev–Trinajstić information content (AvgIpc) is 3.55. The van der Waals surface area contributed by atoms with Crippen molar-refractivity contribution in [2.24, 2.45) is 5.92 Å². The number of hydrogen-bond donors (Lipinski definition) is 0. The summed E-state index contributed by atoms with van der Waals surface area (Å²) in [6.07, 6.45) is 0. The van der Waals surface area contributed by atoms with Gasteiger partial charge in [0.15, 0.2) is 0 Å². The Morgan fingerprint density at radius 2 is 1.79 bits per heavy atom. The molecule has 2 fully saturated rings. The van der Waals surface area contributed by atoms with E-state index in [9.17, 15) is 4.79 Å². The van der Waals surface area contributed by atoms with Crippen LogP contribution in [0.3, 0.4) is 0 Å². The van der Waals surface area contributed by atoms with Crippen LogP contribution in [-0.4, -0.2) is 68.6 Å². The Bertz CT molecular complexity index is 1050. The Balaban J connectivity index is 1.29. The highest BCUT2D eigenvalue weighted by molar-refractivity contribution is 7.12. The standard InChI is InChI=1S/C27H31N3O2S/c1-32-24-10-5-7-21(17-24)25-20-30(27(31)26-11-6-16-33-26)19-22(25)18-28-12-14-29(15-13-28)23-8-3-2-4-9-23/h2-11,16-17,22,25H,12-15,18-20H2,1H3. The van der Waals surface area contributed by atoms with Gasteiger partial charge < -0.3 is 14.5 Å². The lowest BCUT2D eigenvalue weighted by molar-refractivity contribution is 0.0787. The molecule has 2 saturated heterocycles. The molecular weight excluding hydrogens is 430 g/mol. The van der Waals surface area contributed by atoms with E-state index >= 15 is 0 Å². The molecule has 1 aromatic heterocycles. The normalized spacial score (nSPS) is 21.4. The molecule has 2 aromatic carbocycles. The van der Waals surface area contributed by atoms with Gasteiger partial charge in [0.25, 0.3) is 5.91 Å². The van der Waals surface area contributed by atoms with Crippen LogP contribution in [0.5, 0.6) is 5.75 Å². The summed E-state index contributed by atoms with van der Waals surface area (Å²) in [5, 5.41) is 1.98. The molecule has 6 heteroatoms. The fourth-order valence-electron chi connectivity index (χ4n) is 5.19. The summed E-state index contributed by atoms with van der Waals surface area (Å²) in [6.45, 7) is 6.76. The van der Waals surface area contributed by atoms with Crippen molar-refractivity contribution in [3.05, 3.63) is 82.6 Å². The molecule has 2 aliphatic heterocycles. The molecule has 0 bridgehead atoms. The van der Waals surface area contributed by atoms with Crippen molar-refractivity contribution in [3.8, 4) is 5.75 Å². The van der Waals surface area contributed by atoms with Gasteiger partial charge in [-0.05, 0) is 47.2 Å². The van der Waals surface area contributed by atoms with Crippen molar-refractivity contribution in [1.29, 1.82) is 0 Å². The van der Waals surface area contributed by atoms with Crippen molar-refractivity contribution >= 4 is 22.9 Å². The first-order chi connectivity index (χ1) is 16.2. The molecule has 172 valence electrons. The number of anilines is 1. The number of rotatable bonds is 6. The number of piperazine rings is 1. The highest BCUT2D eigenvalue weighted by atomic mass is 32.1. The number of carbonyl (C=O) groups is 1. The Kier molecular flexibility index (Phi) is 6.65. The molecule has 3 aromatic rings. The van der Waals surface area contributed by atoms with Crippen LogP contribution in [0, 0.1) is 5.92 Å². The number of hydrogen-bond acceptors (Lipinski definition) is 5. The van der Waals surface area contributed by atoms with E-state index in [1.165, 1.54) is 22.6 Å². The van der Waals surface area contributed by atoms with Gasteiger partial charge in [-0.1, -0.05) is 36.4 Å². The molecule has 2 atom stereocenters. The number of nitrogens with zero attached hydrogens (tertiary/aromatic N) is 3. The number of methoxy groups -OCH3 is 1. The van der Waals surface area contributed by atoms with Crippen LogP contribution in [0.2, 0.25) is 0 Å². The second-order valence-electron chi connectivity index (χ2n) is 8.95. The maximum absolute atomic E-state index is 13.1. The minimum atomic E-state index is 0.161. The SMILES string of the molecule is COc1cccc(C2CN(C(=O)c3cccs3)CC2CN2CCN(c3ccccc3)CC2)c1. The van der Waals surface area contributed by atoms with Gasteiger partial charge in [-0.3, -0.25) is 9.69 Å². The maximum Gasteiger partial charge on any atom is 0.263 e. The Labute approximate surface area is 200 Å². The van der Waals surface area contributed by atoms with E-state index in [1.54, 1.807) is 7.11 Å². The molecule has 0 N–H and O–H groups in total. The first-order valence-corrected chi connectivity index (χ1v) is 12.6. The number of likely N-dealkylation sites (tertiary alicyclic amines) is 1. The zero-order valence-electron chi connectivity index (χ0n) is 19.1. The summed E-state index contributed by atoms with van der Waals surface area (Å²) in [5.74, 6) is 1.76. The molecular formula is C27H31N3O2S. The van der Waals surface area contributed by atoms with Gasteiger partial charge in [-0.25, -0.2) is 0 Å². The smallest absolute Gasteiger partial charge is 0.263 e. The fraction of sp³-hybridized carbons (Fsp3) is 0.370. The number of carbonyl (C=O) groups excluding carboxylic acids is 1. The second-order valence-corrected chi connectivity index (χ2v) is 9.90. The first-order valence-electron chi connectivity index (χ1n) is 11.7. The predicted molar refractivity (Wildman–Crippen MR) is 135 cm³/mol. The Morgan fingerprint density at radius 1 is 0.970 bits per heavy atom. The maximum atomic E-state index is 13.1. The highest BCUT2D eigenvalue weighted by Gasteiger charge is 2.38. The molecule has 0 saturated carbocycles. The molecule has 1 amide bonds. The van der Waals surface area contributed by atoms with Gasteiger partial charge in [0.05, 0.1) is 12.0 Å². The van der Waals surface area contributed by atoms with Crippen LogP contribution in [0.4, 0.5) is 5.69 Å². The van der Waals surface area contributed by atoms with Crippen LogP contribution < -0.4 is 9.64 Å². The fourth-order valence-corrected chi connectivity index (χ4v) is 5.88. The van der Waals surface area contributed by atoms with Crippen LogP contribution in [0.1, 0.15) is 21.2 Å². The minimum Gasteiger partial charge on any atom is -0.497 e. The zero-order valence-corrected chi connectivity index (χ0v) is 19.9. The number of amides is 1. The zero-order chi connectivity index (χ0) is 22.6. The molecule has 2 unspecified atom stereocenters. The largest absolute Gasteiger partial charge is 0.497 e. The number of thiophene rings is 1. The minimum absolute atomic E-state index is 0.161. The lowest BCUT2D eigenvalue weighted by Crippen LogP contribution is -2.48. The van der Waals surface area contributed by atoms with E-state index in [2.05, 4.69) is 63.2 Å². The van der Waals surface area contributed by atoms with Crippen molar-refractivity contribution in [1.82, 2.24) is 9.80 Å². The molecule has 0 radical (unpaired) electrons. The van der Waals surface area contributed by atoms with Gasteiger partial charge in [-0.2, -0.15) is 0 Å². The summed E-state index contributed by atoms with van der Waals surface area (Å²) < 4.78 is 5.49. The van der Waals surface area contributed by atoms with E-state index in [0.29, 0.717) is 11.8 Å². The van der Waals surface area contributed by atoms with E-state index in [-0.39, 0.29) is 5.91 Å². The van der Waals surface area contributed by atoms with Crippen LogP contribution in [0.15, 0.2) is 72.1 Å². The Morgan fingerprint density at radius 3 is 2.52 bits per heavy atom. The molecule has 2 aliphatic rings. The molecule has 3 heterocycles. The third-order valence-corrected chi connectivity index (χ3v) is 7.83. The molecule has 0 spiro atoms. The van der Waals surface area contributed by atoms with E-state index in [1.807, 2.05) is 23.6 Å². The van der Waals surface area contributed by atoms with E-state index in [4.69, 9.17) is 4.74 Å². The highest BCUT2D eigenvalue weighted by Crippen LogP contribution is 2.36. The quantitative estimate of drug-likeness (QED) is 0.544. The molecule has 5 nitrogen and oxygen atoms in total. The first kappa shape index (κ1) is 22.0. The van der Waals surface area contributed by atoms with Crippen LogP contribution in [0.25, 0.3) is 0 Å². The monoisotopic (exact) mass is 461 g/mol. The second kappa shape index (κ2) is 9.98. The van der Waals surface area contributed by atoms with Crippen molar-refractivity contribution in [2.75, 3.05) is 57.8 Å². The summed E-state index contributed by atoms with van der Waals surface area (Å²) in [4.78, 5) is 21.1. The summed E-state index contributed by atoms with van der Waals surface area (Å²) >= 11 is 1.53. The summed E-state index contributed by atoms with van der Waals surface area (Å²) in [6, 6.07) is 23.0. The van der Waals surface area contributed by atoms with Gasteiger partial charge >= 0.3 is 0 Å². The number of benzene rings is 2. The molecule has 0 aliphatic carbocycles. The lowest BCUT2D eigenvalue weighted by atomic mass is 9.88. The predicted octanol–water partition coefficient (Wildman–Crippen LogP) is 4.43. The van der Waals surface area contributed by atoms with Gasteiger partial charge in [0.2, 0.25) is 0 Å². The van der Waals surface area contributed by atoms with Crippen molar-refractivity contribution < 1.29 is 9.53 Å². The number of ether oxygens (including phenoxy) is 1. The van der Waals surface area contributed by atoms with E-state index in [0.717, 1.165) is 56.4 Å². The lowest BCUT2D eigenvalue weighted by Gasteiger charge is -2.37. The molecule has 5 rings (SSSR count). The average molecular weight is 462 g/mol. The van der Waals surface area contributed by atoms with Crippen molar-refractivity contribution in [3.63, 3.8) is 0 Å².